The zero-order valence-corrected chi connectivity index (χ0v) is 13.1. The maximum Gasteiger partial charge on any atom is 0.163 e. The minimum atomic E-state index is 0.145. The molecule has 0 heterocycles. The van der Waals surface area contributed by atoms with Gasteiger partial charge in [0.1, 0.15) is 5.75 Å². The number of Topliss-reactive ketones (excluding diaryl/α,β-unsaturated/α-hetero) is 1. The standard InChI is InChI=1S/C18H28O2/c1-4-5-6-7-8-17(19)16-12-11-15(18(20)13-16)10-9-14(2)3/h11-14,20H,4-10H2,1-3H3. The average molecular weight is 276 g/mol. The molecule has 2 heteroatoms. The van der Waals surface area contributed by atoms with Crippen LogP contribution in [0.15, 0.2) is 18.2 Å². The number of phenolic OH excluding ortho intramolecular Hbond substituents is 1. The molecule has 0 aliphatic rings. The first-order valence-electron chi connectivity index (χ1n) is 7.89. The molecule has 1 rings (SSSR count). The number of rotatable bonds is 9. The van der Waals surface area contributed by atoms with Gasteiger partial charge in [-0.15, -0.1) is 0 Å². The van der Waals surface area contributed by atoms with Gasteiger partial charge in [0.05, 0.1) is 0 Å². The van der Waals surface area contributed by atoms with Crippen molar-refractivity contribution < 1.29 is 9.90 Å². The van der Waals surface area contributed by atoms with Crippen LogP contribution in [-0.4, -0.2) is 10.9 Å². The third-order valence-corrected chi connectivity index (χ3v) is 3.66. The molecule has 0 aliphatic heterocycles. The van der Waals surface area contributed by atoms with Gasteiger partial charge in [-0.25, -0.2) is 0 Å². The van der Waals surface area contributed by atoms with Crippen LogP contribution in [0.3, 0.4) is 0 Å². The summed E-state index contributed by atoms with van der Waals surface area (Å²) in [5.41, 5.74) is 1.59. The first kappa shape index (κ1) is 16.7. The lowest BCUT2D eigenvalue weighted by molar-refractivity contribution is 0.0978. The summed E-state index contributed by atoms with van der Waals surface area (Å²) in [7, 11) is 0. The maximum atomic E-state index is 12.0. The number of aryl methyl sites for hydroxylation is 1. The molecule has 0 saturated carbocycles. The van der Waals surface area contributed by atoms with Gasteiger partial charge < -0.3 is 5.11 Å². The molecular weight excluding hydrogens is 248 g/mol. The second-order valence-corrected chi connectivity index (χ2v) is 6.01. The second-order valence-electron chi connectivity index (χ2n) is 6.01. The van der Waals surface area contributed by atoms with Crippen molar-refractivity contribution in [3.05, 3.63) is 29.3 Å². The Bertz CT molecular complexity index is 421. The largest absolute Gasteiger partial charge is 0.508 e. The fourth-order valence-corrected chi connectivity index (χ4v) is 2.25. The Balaban J connectivity index is 2.55. The van der Waals surface area contributed by atoms with E-state index in [0.29, 0.717) is 17.9 Å². The molecule has 0 saturated heterocycles. The Morgan fingerprint density at radius 1 is 1.20 bits per heavy atom. The van der Waals surface area contributed by atoms with Crippen LogP contribution in [0.1, 0.15) is 75.2 Å². The average Bonchev–Trinajstić information content (AvgIpc) is 2.41. The summed E-state index contributed by atoms with van der Waals surface area (Å²) in [6.07, 6.45) is 6.94. The zero-order valence-electron chi connectivity index (χ0n) is 13.1. The SMILES string of the molecule is CCCCCCC(=O)c1ccc(CCC(C)C)c(O)c1. The van der Waals surface area contributed by atoms with Gasteiger partial charge in [-0.1, -0.05) is 52.2 Å². The van der Waals surface area contributed by atoms with Gasteiger partial charge in [0.15, 0.2) is 5.78 Å². The number of unbranched alkanes of at least 4 members (excludes halogenated alkanes) is 3. The van der Waals surface area contributed by atoms with E-state index in [2.05, 4.69) is 20.8 Å². The molecule has 112 valence electrons. The number of hydrogen-bond donors (Lipinski definition) is 1. The second kappa shape index (κ2) is 8.78. The molecule has 1 aromatic rings. The number of benzene rings is 1. The van der Waals surface area contributed by atoms with Crippen LogP contribution in [0.2, 0.25) is 0 Å². The summed E-state index contributed by atoms with van der Waals surface area (Å²) in [6.45, 7) is 6.51. The number of carbonyl (C=O) groups is 1. The molecule has 0 radical (unpaired) electrons. The minimum absolute atomic E-state index is 0.145. The van der Waals surface area contributed by atoms with E-state index in [4.69, 9.17) is 0 Å². The van der Waals surface area contributed by atoms with Crippen molar-refractivity contribution in [1.82, 2.24) is 0 Å². The van der Waals surface area contributed by atoms with Crippen LogP contribution in [0.25, 0.3) is 0 Å². The van der Waals surface area contributed by atoms with E-state index < -0.39 is 0 Å². The first-order chi connectivity index (χ1) is 9.54. The summed E-state index contributed by atoms with van der Waals surface area (Å²) < 4.78 is 0. The van der Waals surface area contributed by atoms with Crippen LogP contribution in [0, 0.1) is 5.92 Å². The highest BCUT2D eigenvalue weighted by Crippen LogP contribution is 2.23. The van der Waals surface area contributed by atoms with E-state index in [-0.39, 0.29) is 11.5 Å². The van der Waals surface area contributed by atoms with Gasteiger partial charge in [0.25, 0.3) is 0 Å². The summed E-state index contributed by atoms with van der Waals surface area (Å²) in [6, 6.07) is 5.40. The van der Waals surface area contributed by atoms with E-state index in [1.165, 1.54) is 12.8 Å². The Labute approximate surface area is 123 Å². The number of ketones is 1. The van der Waals surface area contributed by atoms with Crippen LogP contribution in [0.5, 0.6) is 5.75 Å². The molecule has 1 aromatic carbocycles. The fourth-order valence-electron chi connectivity index (χ4n) is 2.25. The highest BCUT2D eigenvalue weighted by molar-refractivity contribution is 5.96. The molecule has 2 nitrogen and oxygen atoms in total. The zero-order chi connectivity index (χ0) is 15.0. The Kier molecular flexibility index (Phi) is 7.35. The molecule has 0 fully saturated rings. The number of aromatic hydroxyl groups is 1. The van der Waals surface area contributed by atoms with Crippen molar-refractivity contribution in [2.24, 2.45) is 5.92 Å². The van der Waals surface area contributed by atoms with Gasteiger partial charge in [0, 0.05) is 12.0 Å². The van der Waals surface area contributed by atoms with E-state index in [1.807, 2.05) is 12.1 Å². The third-order valence-electron chi connectivity index (χ3n) is 3.66. The van der Waals surface area contributed by atoms with Crippen molar-refractivity contribution in [2.45, 2.75) is 65.7 Å². The predicted molar refractivity (Wildman–Crippen MR) is 84.4 cm³/mol. The predicted octanol–water partition coefficient (Wildman–Crippen LogP) is 5.13. The molecule has 0 amide bonds. The summed E-state index contributed by atoms with van der Waals surface area (Å²) in [4.78, 5) is 12.0. The van der Waals surface area contributed by atoms with Crippen molar-refractivity contribution in [3.63, 3.8) is 0 Å². The summed E-state index contributed by atoms with van der Waals surface area (Å²) >= 11 is 0. The van der Waals surface area contributed by atoms with E-state index in [9.17, 15) is 9.90 Å². The quantitative estimate of drug-likeness (QED) is 0.501. The molecule has 0 unspecified atom stereocenters. The van der Waals surface area contributed by atoms with Crippen molar-refractivity contribution in [3.8, 4) is 5.75 Å². The van der Waals surface area contributed by atoms with Crippen molar-refractivity contribution in [2.75, 3.05) is 0 Å². The monoisotopic (exact) mass is 276 g/mol. The smallest absolute Gasteiger partial charge is 0.163 e. The highest BCUT2D eigenvalue weighted by atomic mass is 16.3. The molecular formula is C18H28O2. The first-order valence-corrected chi connectivity index (χ1v) is 7.89. The van der Waals surface area contributed by atoms with E-state index in [0.717, 1.165) is 31.2 Å². The van der Waals surface area contributed by atoms with Crippen LogP contribution in [0.4, 0.5) is 0 Å². The molecule has 0 atom stereocenters. The maximum absolute atomic E-state index is 12.0. The molecule has 0 bridgehead atoms. The van der Waals surface area contributed by atoms with Crippen LogP contribution < -0.4 is 0 Å². The third kappa shape index (κ3) is 5.77. The number of phenols is 1. The Hall–Kier alpha value is -1.31. The summed E-state index contributed by atoms with van der Waals surface area (Å²) in [5.74, 6) is 1.03. The fraction of sp³-hybridized carbons (Fsp3) is 0.611. The summed E-state index contributed by atoms with van der Waals surface area (Å²) in [5, 5.41) is 10.0. The number of carbonyl (C=O) groups excluding carboxylic acids is 1. The molecule has 0 spiro atoms. The van der Waals surface area contributed by atoms with Gasteiger partial charge in [-0.3, -0.25) is 4.79 Å². The van der Waals surface area contributed by atoms with E-state index in [1.54, 1.807) is 6.07 Å². The van der Waals surface area contributed by atoms with Crippen LogP contribution in [-0.2, 0) is 6.42 Å². The molecule has 20 heavy (non-hydrogen) atoms. The van der Waals surface area contributed by atoms with Gasteiger partial charge in [-0.05, 0) is 36.8 Å². The molecule has 1 N–H and O–H groups in total. The van der Waals surface area contributed by atoms with Crippen molar-refractivity contribution in [1.29, 1.82) is 0 Å². The highest BCUT2D eigenvalue weighted by Gasteiger charge is 2.09. The Morgan fingerprint density at radius 2 is 1.95 bits per heavy atom. The van der Waals surface area contributed by atoms with Gasteiger partial charge in [0.2, 0.25) is 0 Å². The molecule has 0 aliphatic carbocycles. The van der Waals surface area contributed by atoms with Gasteiger partial charge >= 0.3 is 0 Å². The minimum Gasteiger partial charge on any atom is -0.508 e. The normalized spacial score (nSPS) is 11.0. The molecule has 0 aromatic heterocycles. The topological polar surface area (TPSA) is 37.3 Å². The van der Waals surface area contributed by atoms with E-state index >= 15 is 0 Å². The lowest BCUT2D eigenvalue weighted by Gasteiger charge is -2.08. The van der Waals surface area contributed by atoms with Gasteiger partial charge in [-0.2, -0.15) is 0 Å². The lowest BCUT2D eigenvalue weighted by atomic mass is 9.98. The van der Waals surface area contributed by atoms with Crippen LogP contribution >= 0.6 is 0 Å². The number of hydrogen-bond acceptors (Lipinski definition) is 2. The van der Waals surface area contributed by atoms with Crippen molar-refractivity contribution >= 4 is 5.78 Å². The lowest BCUT2D eigenvalue weighted by Crippen LogP contribution is -2.00. The Morgan fingerprint density at radius 3 is 2.55 bits per heavy atom.